The summed E-state index contributed by atoms with van der Waals surface area (Å²) in [7, 11) is 0. The molecule has 0 radical (unpaired) electrons. The van der Waals surface area contributed by atoms with Gasteiger partial charge < -0.3 is 5.32 Å². The van der Waals surface area contributed by atoms with Crippen LogP contribution in [-0.4, -0.2) is 12.1 Å². The maximum Gasteiger partial charge on any atom is 0.0279 e. The molecule has 1 rings (SSSR count). The lowest BCUT2D eigenvalue weighted by Gasteiger charge is -2.16. The van der Waals surface area contributed by atoms with E-state index >= 15 is 0 Å². The van der Waals surface area contributed by atoms with Crippen LogP contribution in [-0.2, 0) is 0 Å². The highest BCUT2D eigenvalue weighted by Gasteiger charge is 2.17. The molecular formula is C9H17N. The third-order valence-electron chi connectivity index (χ3n) is 2.12. The number of nitrogens with one attached hydrogen (secondary N) is 1. The van der Waals surface area contributed by atoms with Crippen molar-refractivity contribution in [2.75, 3.05) is 0 Å². The zero-order chi connectivity index (χ0) is 7.56. The van der Waals surface area contributed by atoms with E-state index in [-0.39, 0.29) is 0 Å². The van der Waals surface area contributed by atoms with Crippen LogP contribution in [0.15, 0.2) is 12.2 Å². The average Bonchev–Trinajstić information content (AvgIpc) is 2.34. The fourth-order valence-electron chi connectivity index (χ4n) is 1.28. The Morgan fingerprint density at radius 3 is 2.40 bits per heavy atom. The Kier molecular flexibility index (Phi) is 2.50. The summed E-state index contributed by atoms with van der Waals surface area (Å²) < 4.78 is 0. The number of hydrogen-bond acceptors (Lipinski definition) is 1. The molecule has 1 N–H and O–H groups in total. The van der Waals surface area contributed by atoms with Gasteiger partial charge in [0, 0.05) is 12.1 Å². The Bertz CT molecular complexity index is 127. The maximum atomic E-state index is 3.53. The molecule has 0 aromatic rings. The minimum absolute atomic E-state index is 0.616. The highest BCUT2D eigenvalue weighted by molar-refractivity contribution is 5.08. The Morgan fingerprint density at radius 2 is 2.10 bits per heavy atom. The van der Waals surface area contributed by atoms with Gasteiger partial charge in [-0.05, 0) is 12.3 Å². The second kappa shape index (κ2) is 3.20. The average molecular weight is 139 g/mol. The largest absolute Gasteiger partial charge is 0.304 e. The molecule has 0 spiro atoms. The SMILES string of the molecule is CCC1C=CC(C(C)C)N1. The monoisotopic (exact) mass is 139 g/mol. The van der Waals surface area contributed by atoms with Crippen molar-refractivity contribution in [2.24, 2.45) is 5.92 Å². The first kappa shape index (κ1) is 7.80. The molecule has 0 aromatic carbocycles. The van der Waals surface area contributed by atoms with Crippen LogP contribution in [0.3, 0.4) is 0 Å². The molecule has 0 aliphatic carbocycles. The van der Waals surface area contributed by atoms with Gasteiger partial charge in [0.25, 0.3) is 0 Å². The van der Waals surface area contributed by atoms with Crippen LogP contribution in [0.5, 0.6) is 0 Å². The van der Waals surface area contributed by atoms with Gasteiger partial charge >= 0.3 is 0 Å². The Hall–Kier alpha value is -0.300. The molecule has 0 saturated carbocycles. The molecule has 1 aliphatic rings. The zero-order valence-electron chi connectivity index (χ0n) is 7.09. The lowest BCUT2D eigenvalue weighted by atomic mass is 10.1. The van der Waals surface area contributed by atoms with E-state index in [2.05, 4.69) is 38.2 Å². The van der Waals surface area contributed by atoms with Crippen LogP contribution in [0, 0.1) is 5.92 Å². The van der Waals surface area contributed by atoms with Crippen LogP contribution >= 0.6 is 0 Å². The van der Waals surface area contributed by atoms with Gasteiger partial charge in [-0.3, -0.25) is 0 Å². The Labute approximate surface area is 63.5 Å². The molecule has 0 aromatic heterocycles. The first-order valence-corrected chi connectivity index (χ1v) is 4.18. The molecule has 1 heteroatoms. The van der Waals surface area contributed by atoms with Gasteiger partial charge in [0.15, 0.2) is 0 Å². The van der Waals surface area contributed by atoms with Gasteiger partial charge in [-0.2, -0.15) is 0 Å². The van der Waals surface area contributed by atoms with E-state index in [1.165, 1.54) is 6.42 Å². The first-order chi connectivity index (χ1) is 4.74. The van der Waals surface area contributed by atoms with E-state index < -0.39 is 0 Å². The summed E-state index contributed by atoms with van der Waals surface area (Å²) in [6.45, 7) is 6.71. The normalized spacial score (nSPS) is 32.0. The molecule has 0 bridgehead atoms. The van der Waals surface area contributed by atoms with E-state index in [0.29, 0.717) is 12.1 Å². The van der Waals surface area contributed by atoms with Gasteiger partial charge in [-0.1, -0.05) is 32.9 Å². The molecule has 0 saturated heterocycles. The number of hydrogen-bond donors (Lipinski definition) is 1. The Balaban J connectivity index is 2.37. The Morgan fingerprint density at radius 1 is 1.40 bits per heavy atom. The standard InChI is InChI=1S/C9H17N/c1-4-8-5-6-9(10-8)7(2)3/h5-10H,4H2,1-3H3. The van der Waals surface area contributed by atoms with Crippen LogP contribution < -0.4 is 5.32 Å². The van der Waals surface area contributed by atoms with Crippen LogP contribution in [0.25, 0.3) is 0 Å². The quantitative estimate of drug-likeness (QED) is 0.577. The zero-order valence-corrected chi connectivity index (χ0v) is 7.09. The van der Waals surface area contributed by atoms with Crippen molar-refractivity contribution >= 4 is 0 Å². The molecule has 1 heterocycles. The molecule has 2 unspecified atom stereocenters. The van der Waals surface area contributed by atoms with E-state index in [1.807, 2.05) is 0 Å². The second-order valence-corrected chi connectivity index (χ2v) is 3.34. The highest BCUT2D eigenvalue weighted by Crippen LogP contribution is 2.12. The van der Waals surface area contributed by atoms with E-state index in [4.69, 9.17) is 0 Å². The summed E-state index contributed by atoms with van der Waals surface area (Å²) >= 11 is 0. The minimum Gasteiger partial charge on any atom is -0.304 e. The van der Waals surface area contributed by atoms with Crippen LogP contribution in [0.4, 0.5) is 0 Å². The lowest BCUT2D eigenvalue weighted by Crippen LogP contribution is -2.33. The topological polar surface area (TPSA) is 12.0 Å². The summed E-state index contributed by atoms with van der Waals surface area (Å²) in [5, 5.41) is 3.53. The number of rotatable bonds is 2. The summed E-state index contributed by atoms with van der Waals surface area (Å²) in [4.78, 5) is 0. The second-order valence-electron chi connectivity index (χ2n) is 3.34. The summed E-state index contributed by atoms with van der Waals surface area (Å²) in [5.74, 6) is 0.729. The van der Waals surface area contributed by atoms with Gasteiger partial charge in [0.1, 0.15) is 0 Å². The molecule has 58 valence electrons. The van der Waals surface area contributed by atoms with E-state index in [9.17, 15) is 0 Å². The molecule has 0 fully saturated rings. The van der Waals surface area contributed by atoms with Gasteiger partial charge in [-0.25, -0.2) is 0 Å². The molecular weight excluding hydrogens is 122 g/mol. The van der Waals surface area contributed by atoms with Crippen molar-refractivity contribution in [1.82, 2.24) is 5.32 Å². The fraction of sp³-hybridized carbons (Fsp3) is 0.778. The molecule has 1 nitrogen and oxygen atoms in total. The molecule has 2 atom stereocenters. The van der Waals surface area contributed by atoms with Crippen molar-refractivity contribution in [1.29, 1.82) is 0 Å². The smallest absolute Gasteiger partial charge is 0.0279 e. The van der Waals surface area contributed by atoms with Gasteiger partial charge in [-0.15, -0.1) is 0 Å². The van der Waals surface area contributed by atoms with Crippen LogP contribution in [0.1, 0.15) is 27.2 Å². The highest BCUT2D eigenvalue weighted by atomic mass is 15.0. The van der Waals surface area contributed by atoms with E-state index in [0.717, 1.165) is 5.92 Å². The first-order valence-electron chi connectivity index (χ1n) is 4.18. The van der Waals surface area contributed by atoms with Gasteiger partial charge in [0.05, 0.1) is 0 Å². The van der Waals surface area contributed by atoms with Crippen LogP contribution in [0.2, 0.25) is 0 Å². The summed E-state index contributed by atoms with van der Waals surface area (Å²) in [5.41, 5.74) is 0. The lowest BCUT2D eigenvalue weighted by molar-refractivity contribution is 0.455. The summed E-state index contributed by atoms with van der Waals surface area (Å²) in [6, 6.07) is 1.25. The predicted octanol–water partition coefficient (Wildman–Crippen LogP) is 1.95. The third kappa shape index (κ3) is 1.60. The van der Waals surface area contributed by atoms with Gasteiger partial charge in [0.2, 0.25) is 0 Å². The third-order valence-corrected chi connectivity index (χ3v) is 2.12. The molecule has 0 amide bonds. The van der Waals surface area contributed by atoms with Crippen molar-refractivity contribution in [3.05, 3.63) is 12.2 Å². The van der Waals surface area contributed by atoms with E-state index in [1.54, 1.807) is 0 Å². The van der Waals surface area contributed by atoms with Crippen molar-refractivity contribution in [2.45, 2.75) is 39.3 Å². The maximum absolute atomic E-state index is 3.53. The predicted molar refractivity (Wildman–Crippen MR) is 45.0 cm³/mol. The minimum atomic E-state index is 0.616. The fourth-order valence-corrected chi connectivity index (χ4v) is 1.28. The molecule has 1 aliphatic heterocycles. The summed E-state index contributed by atoms with van der Waals surface area (Å²) in [6.07, 6.45) is 5.78. The van der Waals surface area contributed by atoms with Crippen molar-refractivity contribution < 1.29 is 0 Å². The molecule has 10 heavy (non-hydrogen) atoms. The van der Waals surface area contributed by atoms with Crippen molar-refractivity contribution in [3.63, 3.8) is 0 Å². The van der Waals surface area contributed by atoms with Crippen molar-refractivity contribution in [3.8, 4) is 0 Å².